The van der Waals surface area contributed by atoms with Crippen LogP contribution in [0.15, 0.2) is 60.8 Å². The Morgan fingerprint density at radius 2 is 1.52 bits per heavy atom. The van der Waals surface area contributed by atoms with Crippen LogP contribution in [-0.4, -0.2) is 9.97 Å². The second kappa shape index (κ2) is 6.93. The first-order valence-corrected chi connectivity index (χ1v) is 11.1. The van der Waals surface area contributed by atoms with E-state index in [1.54, 1.807) is 0 Å². The highest BCUT2D eigenvalue weighted by atomic mass is 32.1. The van der Waals surface area contributed by atoms with Crippen LogP contribution < -0.4 is 0 Å². The molecule has 0 amide bonds. The summed E-state index contributed by atoms with van der Waals surface area (Å²) in [6.07, 6.45) is 1.93. The van der Waals surface area contributed by atoms with E-state index >= 15 is 0 Å². The Kier molecular flexibility index (Phi) is 4.36. The van der Waals surface area contributed by atoms with Crippen molar-refractivity contribution in [2.24, 2.45) is 0 Å². The van der Waals surface area contributed by atoms with Crippen molar-refractivity contribution in [1.29, 1.82) is 0 Å². The molecule has 29 heavy (non-hydrogen) atoms. The van der Waals surface area contributed by atoms with Gasteiger partial charge in [0.2, 0.25) is 0 Å². The van der Waals surface area contributed by atoms with E-state index in [0.29, 0.717) is 11.8 Å². The Hall–Kier alpha value is -2.78. The molecule has 0 radical (unpaired) electrons. The van der Waals surface area contributed by atoms with Gasteiger partial charge < -0.3 is 0 Å². The minimum absolute atomic E-state index is 0.439. The molecule has 0 atom stereocenters. The molecule has 5 rings (SSSR count). The predicted molar refractivity (Wildman–Crippen MR) is 126 cm³/mol. The Bertz CT molecular complexity index is 1360. The number of hydrogen-bond acceptors (Lipinski definition) is 3. The average molecular weight is 397 g/mol. The van der Waals surface area contributed by atoms with Gasteiger partial charge in [-0.1, -0.05) is 64.1 Å². The molecule has 0 spiro atoms. The summed E-state index contributed by atoms with van der Waals surface area (Å²) in [5, 5.41) is 2.50. The van der Waals surface area contributed by atoms with Gasteiger partial charge in [-0.15, -0.1) is 11.3 Å². The van der Waals surface area contributed by atoms with Crippen LogP contribution in [0.25, 0.3) is 42.5 Å². The van der Waals surface area contributed by atoms with E-state index in [4.69, 9.17) is 9.97 Å². The average Bonchev–Trinajstić information content (AvgIpc) is 3.11. The predicted octanol–water partition coefficient (Wildman–Crippen LogP) is 7.91. The van der Waals surface area contributed by atoms with Crippen LogP contribution in [-0.2, 0) is 0 Å². The highest BCUT2D eigenvalue weighted by Crippen LogP contribution is 2.42. The summed E-state index contributed by atoms with van der Waals surface area (Å²) in [5.41, 5.74) is 7.11. The van der Waals surface area contributed by atoms with Gasteiger partial charge in [0.05, 0.1) is 21.4 Å². The maximum atomic E-state index is 5.05. The first-order valence-electron chi connectivity index (χ1n) is 10.2. The summed E-state index contributed by atoms with van der Waals surface area (Å²) in [6.45, 7) is 9.02. The smallest absolute Gasteiger partial charge is 0.0895 e. The van der Waals surface area contributed by atoms with Crippen molar-refractivity contribution in [3.63, 3.8) is 0 Å². The van der Waals surface area contributed by atoms with E-state index in [2.05, 4.69) is 82.3 Å². The van der Waals surface area contributed by atoms with E-state index in [0.717, 1.165) is 16.7 Å². The summed E-state index contributed by atoms with van der Waals surface area (Å²) in [5.74, 6) is 0.926. The molecule has 0 saturated heterocycles. The Labute approximate surface area is 175 Å². The van der Waals surface area contributed by atoms with Gasteiger partial charge >= 0.3 is 0 Å². The lowest BCUT2D eigenvalue weighted by molar-refractivity contribution is 0.875. The van der Waals surface area contributed by atoms with Crippen molar-refractivity contribution in [2.45, 2.75) is 39.5 Å². The molecular weight excluding hydrogens is 372 g/mol. The minimum Gasteiger partial charge on any atom is -0.255 e. The van der Waals surface area contributed by atoms with Gasteiger partial charge in [0.25, 0.3) is 0 Å². The van der Waals surface area contributed by atoms with Gasteiger partial charge in [-0.25, -0.2) is 4.98 Å². The van der Waals surface area contributed by atoms with E-state index in [1.807, 2.05) is 17.5 Å². The van der Waals surface area contributed by atoms with Gasteiger partial charge in [-0.3, -0.25) is 4.98 Å². The van der Waals surface area contributed by atoms with Crippen LogP contribution in [0.4, 0.5) is 0 Å². The molecule has 5 aromatic rings. The Morgan fingerprint density at radius 3 is 2.31 bits per heavy atom. The zero-order valence-electron chi connectivity index (χ0n) is 17.2. The standard InChI is InChI=1S/C26H24N2S/c1-15(2)17-9-7-10-20-24-26(29-25(17)20)19(12-13-27-24)23-14-21(16(3)4)18-8-5-6-11-22(18)28-23/h5-16H,1-4H3. The van der Waals surface area contributed by atoms with Crippen molar-refractivity contribution in [3.8, 4) is 11.3 Å². The largest absolute Gasteiger partial charge is 0.255 e. The molecule has 0 fully saturated rings. The summed E-state index contributed by atoms with van der Waals surface area (Å²) in [7, 11) is 0. The zero-order chi connectivity index (χ0) is 20.1. The Morgan fingerprint density at radius 1 is 0.759 bits per heavy atom. The molecule has 0 saturated carbocycles. The van der Waals surface area contributed by atoms with E-state index in [9.17, 15) is 0 Å². The fraction of sp³-hybridized carbons (Fsp3) is 0.231. The third kappa shape index (κ3) is 2.92. The van der Waals surface area contributed by atoms with Crippen LogP contribution in [0.1, 0.15) is 50.7 Å². The van der Waals surface area contributed by atoms with Crippen LogP contribution in [0, 0.1) is 0 Å². The molecule has 144 valence electrons. The first-order chi connectivity index (χ1) is 14.0. The van der Waals surface area contributed by atoms with Gasteiger partial charge in [0.1, 0.15) is 0 Å². The minimum atomic E-state index is 0.439. The van der Waals surface area contributed by atoms with Gasteiger partial charge in [0, 0.05) is 27.2 Å². The SMILES string of the molecule is CC(C)c1cc(-c2ccnc3c2sc2c(C(C)C)cccc23)nc2ccccc12. The molecule has 3 heteroatoms. The molecule has 0 N–H and O–H groups in total. The van der Waals surface area contributed by atoms with Crippen molar-refractivity contribution >= 4 is 42.5 Å². The number of para-hydroxylation sites is 1. The molecule has 0 aliphatic rings. The number of fused-ring (bicyclic) bond motifs is 4. The normalized spacial score (nSPS) is 12.1. The molecule has 2 aromatic carbocycles. The van der Waals surface area contributed by atoms with Crippen LogP contribution >= 0.6 is 11.3 Å². The van der Waals surface area contributed by atoms with Crippen LogP contribution in [0.3, 0.4) is 0 Å². The van der Waals surface area contributed by atoms with Gasteiger partial charge in [-0.05, 0) is 41.2 Å². The number of aromatic nitrogens is 2. The number of rotatable bonds is 3. The second-order valence-electron chi connectivity index (χ2n) is 8.29. The summed E-state index contributed by atoms with van der Waals surface area (Å²) < 4.78 is 2.58. The first kappa shape index (κ1) is 18.3. The number of hydrogen-bond donors (Lipinski definition) is 0. The Balaban J connectivity index is 1.84. The van der Waals surface area contributed by atoms with Gasteiger partial charge in [0.15, 0.2) is 0 Å². The molecule has 0 unspecified atom stereocenters. The van der Waals surface area contributed by atoms with Crippen molar-refractivity contribution in [3.05, 3.63) is 71.9 Å². The van der Waals surface area contributed by atoms with Crippen molar-refractivity contribution in [2.75, 3.05) is 0 Å². The highest BCUT2D eigenvalue weighted by molar-refractivity contribution is 7.26. The number of thiophene rings is 1. The van der Waals surface area contributed by atoms with E-state index in [1.165, 1.54) is 36.9 Å². The lowest BCUT2D eigenvalue weighted by Gasteiger charge is -2.13. The summed E-state index contributed by atoms with van der Waals surface area (Å²) >= 11 is 1.86. The molecule has 2 nitrogen and oxygen atoms in total. The monoisotopic (exact) mass is 396 g/mol. The molecular formula is C26H24N2S. The van der Waals surface area contributed by atoms with Gasteiger partial charge in [-0.2, -0.15) is 0 Å². The molecule has 0 aliphatic carbocycles. The van der Waals surface area contributed by atoms with Crippen molar-refractivity contribution < 1.29 is 0 Å². The molecule has 3 aromatic heterocycles. The third-order valence-corrected chi connectivity index (χ3v) is 6.95. The fourth-order valence-electron chi connectivity index (χ4n) is 4.18. The molecule has 0 bridgehead atoms. The van der Waals surface area contributed by atoms with Crippen LogP contribution in [0.2, 0.25) is 0 Å². The number of pyridine rings is 2. The molecule has 3 heterocycles. The maximum Gasteiger partial charge on any atom is 0.0895 e. The number of nitrogens with zero attached hydrogens (tertiary/aromatic N) is 2. The fourth-order valence-corrected chi connectivity index (χ4v) is 5.62. The maximum absolute atomic E-state index is 5.05. The van der Waals surface area contributed by atoms with Crippen LogP contribution in [0.5, 0.6) is 0 Å². The topological polar surface area (TPSA) is 25.8 Å². The summed E-state index contributed by atoms with van der Waals surface area (Å²) in [6, 6.07) is 19.5. The lowest BCUT2D eigenvalue weighted by atomic mass is 9.96. The lowest BCUT2D eigenvalue weighted by Crippen LogP contribution is -1.95. The summed E-state index contributed by atoms with van der Waals surface area (Å²) in [4.78, 5) is 9.80. The number of benzene rings is 2. The molecule has 0 aliphatic heterocycles. The highest BCUT2D eigenvalue weighted by Gasteiger charge is 2.17. The van der Waals surface area contributed by atoms with E-state index in [-0.39, 0.29) is 0 Å². The third-order valence-electron chi connectivity index (χ3n) is 5.68. The van der Waals surface area contributed by atoms with E-state index < -0.39 is 0 Å². The second-order valence-corrected chi connectivity index (χ2v) is 9.31. The van der Waals surface area contributed by atoms with Crippen molar-refractivity contribution in [1.82, 2.24) is 9.97 Å². The zero-order valence-corrected chi connectivity index (χ0v) is 18.0. The quantitative estimate of drug-likeness (QED) is 0.309.